The summed E-state index contributed by atoms with van der Waals surface area (Å²) in [7, 11) is 3.23. The fourth-order valence-electron chi connectivity index (χ4n) is 2.69. The van der Waals surface area contributed by atoms with Crippen molar-refractivity contribution in [3.8, 4) is 5.75 Å². The van der Waals surface area contributed by atoms with Crippen molar-refractivity contribution in [2.45, 2.75) is 42.1 Å². The molecule has 0 unspecified atom stereocenters. The highest BCUT2D eigenvalue weighted by Crippen LogP contribution is 2.40. The number of rotatable bonds is 6. The van der Waals surface area contributed by atoms with Gasteiger partial charge in [0.25, 0.3) is 5.69 Å². The molecule has 1 aliphatic rings. The van der Waals surface area contributed by atoms with Crippen molar-refractivity contribution in [2.75, 3.05) is 0 Å². The average molecular weight is 406 g/mol. The molecule has 0 aliphatic heterocycles. The molecule has 1 fully saturated rings. The summed E-state index contributed by atoms with van der Waals surface area (Å²) in [5, 5.41) is 11.7. The minimum Gasteiger partial charge on any atom is -0.429 e. The molecule has 1 aromatic heterocycles. The van der Waals surface area contributed by atoms with Crippen molar-refractivity contribution < 1.29 is 19.2 Å². The van der Waals surface area contributed by atoms with Crippen LogP contribution >= 0.6 is 21.6 Å². The largest absolute Gasteiger partial charge is 0.514 e. The summed E-state index contributed by atoms with van der Waals surface area (Å²) in [6.45, 7) is 0. The molecule has 27 heavy (non-hydrogen) atoms. The van der Waals surface area contributed by atoms with Crippen LogP contribution in [0.2, 0.25) is 0 Å². The number of ether oxygens (including phenoxy) is 2. The standard InChI is InChI=1S/C18H18N2O5S2/c21-18(24-14-10-8-13(9-11-14)20(22)23)25-15-5-1-2-6-16(15)26-27-17-7-3-4-12-19-17/h3-4,7-12,15-16H,1-2,5-6H2/t15-,16-/m0/s1. The molecule has 3 rings (SSSR count). The highest BCUT2D eigenvalue weighted by Gasteiger charge is 2.30. The summed E-state index contributed by atoms with van der Waals surface area (Å²) in [5.41, 5.74) is -0.0639. The third kappa shape index (κ3) is 5.86. The lowest BCUT2D eigenvalue weighted by Crippen LogP contribution is -2.32. The molecular formula is C18H18N2O5S2. The zero-order valence-electron chi connectivity index (χ0n) is 14.4. The summed E-state index contributed by atoms with van der Waals surface area (Å²) < 4.78 is 10.7. The van der Waals surface area contributed by atoms with Crippen molar-refractivity contribution in [2.24, 2.45) is 0 Å². The Balaban J connectivity index is 1.53. The smallest absolute Gasteiger partial charge is 0.429 e. The summed E-state index contributed by atoms with van der Waals surface area (Å²) in [4.78, 5) is 26.6. The quantitative estimate of drug-likeness (QED) is 0.211. The Hall–Kier alpha value is -2.26. The van der Waals surface area contributed by atoms with E-state index < -0.39 is 11.1 Å². The number of carbonyl (C=O) groups excluding carboxylic acids is 1. The first kappa shape index (κ1) is 19.5. The van der Waals surface area contributed by atoms with Crippen LogP contribution in [0.4, 0.5) is 10.5 Å². The van der Waals surface area contributed by atoms with E-state index in [0.29, 0.717) is 0 Å². The molecule has 2 aromatic rings. The van der Waals surface area contributed by atoms with Gasteiger partial charge in [0.05, 0.1) is 10.2 Å². The third-order valence-electron chi connectivity index (χ3n) is 4.03. The first-order valence-corrected chi connectivity index (χ1v) is 10.7. The van der Waals surface area contributed by atoms with Crippen LogP contribution in [0.5, 0.6) is 5.75 Å². The van der Waals surface area contributed by atoms with E-state index in [1.165, 1.54) is 24.3 Å². The van der Waals surface area contributed by atoms with Crippen LogP contribution in [0.1, 0.15) is 25.7 Å². The van der Waals surface area contributed by atoms with Crippen LogP contribution in [0, 0.1) is 10.1 Å². The fraction of sp³-hybridized carbons (Fsp3) is 0.333. The predicted octanol–water partition coefficient (Wildman–Crippen LogP) is 5.26. The van der Waals surface area contributed by atoms with Gasteiger partial charge < -0.3 is 9.47 Å². The number of carbonyl (C=O) groups is 1. The van der Waals surface area contributed by atoms with Crippen LogP contribution < -0.4 is 4.74 Å². The monoisotopic (exact) mass is 406 g/mol. The Bertz CT molecular complexity index is 773. The van der Waals surface area contributed by atoms with Crippen molar-refractivity contribution in [3.05, 3.63) is 58.8 Å². The number of hydrogen-bond acceptors (Lipinski definition) is 8. The molecule has 0 saturated heterocycles. The third-order valence-corrected chi connectivity index (χ3v) is 6.87. The molecule has 142 valence electrons. The van der Waals surface area contributed by atoms with Crippen molar-refractivity contribution in [1.82, 2.24) is 4.98 Å². The SMILES string of the molecule is O=C(Oc1ccc([N+](=O)[O-])cc1)O[C@H]1CCCC[C@@H]1SSc1ccccn1. The summed E-state index contributed by atoms with van der Waals surface area (Å²) in [6.07, 6.45) is 4.57. The molecule has 0 bridgehead atoms. The molecule has 0 radical (unpaired) electrons. The zero-order valence-corrected chi connectivity index (χ0v) is 16.0. The van der Waals surface area contributed by atoms with E-state index in [4.69, 9.17) is 9.47 Å². The Morgan fingerprint density at radius 1 is 1.15 bits per heavy atom. The van der Waals surface area contributed by atoms with E-state index in [9.17, 15) is 14.9 Å². The van der Waals surface area contributed by atoms with E-state index in [2.05, 4.69) is 4.98 Å². The number of pyridine rings is 1. The van der Waals surface area contributed by atoms with E-state index in [1.807, 2.05) is 18.2 Å². The van der Waals surface area contributed by atoms with Crippen molar-refractivity contribution in [3.63, 3.8) is 0 Å². The highest BCUT2D eigenvalue weighted by atomic mass is 33.1. The minimum atomic E-state index is -0.788. The van der Waals surface area contributed by atoms with Gasteiger partial charge in [-0.1, -0.05) is 23.3 Å². The normalized spacial score (nSPS) is 19.3. The summed E-state index contributed by atoms with van der Waals surface area (Å²) in [5.74, 6) is 0.216. The lowest BCUT2D eigenvalue weighted by molar-refractivity contribution is -0.384. The number of nitrogens with zero attached hydrogens (tertiary/aromatic N) is 2. The Kier molecular flexibility index (Phi) is 6.94. The van der Waals surface area contributed by atoms with E-state index >= 15 is 0 Å². The molecule has 1 saturated carbocycles. The van der Waals surface area contributed by atoms with Gasteiger partial charge in [0.1, 0.15) is 16.9 Å². The zero-order chi connectivity index (χ0) is 19.1. The summed E-state index contributed by atoms with van der Waals surface area (Å²) >= 11 is 0. The first-order valence-electron chi connectivity index (χ1n) is 8.49. The molecule has 1 aromatic carbocycles. The number of nitro benzene ring substituents is 1. The molecule has 2 atom stereocenters. The van der Waals surface area contributed by atoms with Crippen molar-refractivity contribution >= 4 is 33.4 Å². The number of nitro groups is 1. The molecule has 7 nitrogen and oxygen atoms in total. The van der Waals surface area contributed by atoms with Crippen molar-refractivity contribution in [1.29, 1.82) is 0 Å². The molecular weight excluding hydrogens is 388 g/mol. The van der Waals surface area contributed by atoms with Gasteiger partial charge in [0, 0.05) is 18.3 Å². The summed E-state index contributed by atoms with van der Waals surface area (Å²) in [6, 6.07) is 11.1. The Morgan fingerprint density at radius 2 is 1.93 bits per heavy atom. The molecule has 0 spiro atoms. The maximum Gasteiger partial charge on any atom is 0.514 e. The van der Waals surface area contributed by atoms with Gasteiger partial charge in [-0.05, 0) is 54.3 Å². The van der Waals surface area contributed by atoms with Gasteiger partial charge in [-0.15, -0.1) is 0 Å². The number of hydrogen-bond donors (Lipinski definition) is 0. The predicted molar refractivity (Wildman–Crippen MR) is 104 cm³/mol. The molecule has 0 amide bonds. The van der Waals surface area contributed by atoms with Crippen LogP contribution in [0.25, 0.3) is 0 Å². The molecule has 0 N–H and O–H groups in total. The maximum absolute atomic E-state index is 12.1. The van der Waals surface area contributed by atoms with Crippen LogP contribution in [0.15, 0.2) is 53.7 Å². The topological polar surface area (TPSA) is 91.6 Å². The second-order valence-electron chi connectivity index (χ2n) is 5.93. The van der Waals surface area contributed by atoms with Gasteiger partial charge in [-0.25, -0.2) is 9.78 Å². The average Bonchev–Trinajstić information content (AvgIpc) is 2.68. The fourth-order valence-corrected chi connectivity index (χ4v) is 5.36. The lowest BCUT2D eigenvalue weighted by atomic mass is 9.97. The highest BCUT2D eigenvalue weighted by molar-refractivity contribution is 8.76. The minimum absolute atomic E-state index is 0.0639. The van der Waals surface area contributed by atoms with Gasteiger partial charge >= 0.3 is 6.16 Å². The first-order chi connectivity index (χ1) is 13.1. The molecule has 1 heterocycles. The van der Waals surface area contributed by atoms with Crippen LogP contribution in [0.3, 0.4) is 0 Å². The van der Waals surface area contributed by atoms with Gasteiger partial charge in [-0.3, -0.25) is 10.1 Å². The number of aromatic nitrogens is 1. The Labute approximate surface area is 164 Å². The van der Waals surface area contributed by atoms with E-state index in [-0.39, 0.29) is 22.8 Å². The molecule has 1 aliphatic carbocycles. The van der Waals surface area contributed by atoms with Crippen LogP contribution in [-0.2, 0) is 4.74 Å². The van der Waals surface area contributed by atoms with E-state index in [0.717, 1.165) is 30.7 Å². The van der Waals surface area contributed by atoms with Gasteiger partial charge in [0.15, 0.2) is 0 Å². The lowest BCUT2D eigenvalue weighted by Gasteiger charge is -2.29. The number of non-ortho nitro benzene ring substituents is 1. The second kappa shape index (κ2) is 9.61. The van der Waals surface area contributed by atoms with Crippen LogP contribution in [-0.4, -0.2) is 27.4 Å². The second-order valence-corrected chi connectivity index (χ2v) is 8.39. The van der Waals surface area contributed by atoms with E-state index in [1.54, 1.807) is 27.8 Å². The van der Waals surface area contributed by atoms with Gasteiger partial charge in [0.2, 0.25) is 0 Å². The number of benzene rings is 1. The Morgan fingerprint density at radius 3 is 2.63 bits per heavy atom. The van der Waals surface area contributed by atoms with Gasteiger partial charge in [-0.2, -0.15) is 0 Å². The molecule has 9 heteroatoms. The maximum atomic E-state index is 12.1.